The third-order valence-electron chi connectivity index (χ3n) is 3.48. The maximum Gasteiger partial charge on any atom is 0.129 e. The lowest BCUT2D eigenvalue weighted by molar-refractivity contribution is 0.685. The summed E-state index contributed by atoms with van der Waals surface area (Å²) in [6, 6.07) is 5.12. The van der Waals surface area contributed by atoms with Crippen molar-refractivity contribution in [2.24, 2.45) is 0 Å². The van der Waals surface area contributed by atoms with Crippen molar-refractivity contribution in [1.82, 2.24) is 10.3 Å². The maximum atomic E-state index is 4.73. The minimum Gasteiger partial charge on any atom is -0.349 e. The summed E-state index contributed by atoms with van der Waals surface area (Å²) in [6.07, 6.45) is 7.41. The normalized spacial score (nSPS) is 14.1. The summed E-state index contributed by atoms with van der Waals surface area (Å²) in [5, 5.41) is 3.57. The first kappa shape index (κ1) is 14.8. The molecule has 0 radical (unpaired) electrons. The van der Waals surface area contributed by atoms with Crippen LogP contribution < -0.4 is 10.2 Å². The zero-order chi connectivity index (χ0) is 14.4. The third kappa shape index (κ3) is 4.20. The van der Waals surface area contributed by atoms with E-state index in [1.807, 2.05) is 12.2 Å². The summed E-state index contributed by atoms with van der Waals surface area (Å²) in [4.78, 5) is 6.93. The summed E-state index contributed by atoms with van der Waals surface area (Å²) < 4.78 is 0. The number of aromatic nitrogens is 1. The predicted octanol–water partition coefficient (Wildman–Crippen LogP) is 3.07. The monoisotopic (exact) mass is 271 g/mol. The van der Waals surface area contributed by atoms with Crippen molar-refractivity contribution >= 4 is 5.82 Å². The van der Waals surface area contributed by atoms with Gasteiger partial charge in [0.2, 0.25) is 0 Å². The molecule has 108 valence electrons. The highest BCUT2D eigenvalue weighted by atomic mass is 15.2. The van der Waals surface area contributed by atoms with Crippen LogP contribution in [0.25, 0.3) is 0 Å². The summed E-state index contributed by atoms with van der Waals surface area (Å²) in [7, 11) is 0. The van der Waals surface area contributed by atoms with Crippen LogP contribution in [0.3, 0.4) is 0 Å². The Morgan fingerprint density at radius 2 is 2.00 bits per heavy atom. The molecule has 3 heteroatoms. The molecule has 2 rings (SSSR count). The van der Waals surface area contributed by atoms with Gasteiger partial charge in [-0.25, -0.2) is 4.98 Å². The molecule has 1 heterocycles. The van der Waals surface area contributed by atoms with Gasteiger partial charge in [-0.15, -0.1) is 13.2 Å². The van der Waals surface area contributed by atoms with Gasteiger partial charge in [-0.2, -0.15) is 0 Å². The van der Waals surface area contributed by atoms with Crippen LogP contribution in [0.15, 0.2) is 37.4 Å². The van der Waals surface area contributed by atoms with E-state index < -0.39 is 0 Å². The van der Waals surface area contributed by atoms with Gasteiger partial charge in [0.25, 0.3) is 0 Å². The van der Waals surface area contributed by atoms with E-state index in [1.54, 1.807) is 0 Å². The smallest absolute Gasteiger partial charge is 0.129 e. The Hall–Kier alpha value is -1.61. The lowest BCUT2D eigenvalue weighted by Crippen LogP contribution is -2.25. The number of rotatable bonds is 9. The second-order valence-corrected chi connectivity index (χ2v) is 5.32. The Balaban J connectivity index is 2.17. The van der Waals surface area contributed by atoms with Gasteiger partial charge in [-0.3, -0.25) is 0 Å². The molecular weight excluding hydrogens is 246 g/mol. The standard InChI is InChI=1S/C17H25N3/c1-4-9-20(10-5-2)17-12-14(11-15(6-3)19-17)13-18-16-7-8-16/h4-5,11-12,16,18H,1-2,6-10,13H2,3H3. The fourth-order valence-electron chi connectivity index (χ4n) is 2.20. The molecule has 1 aliphatic rings. The fourth-order valence-corrected chi connectivity index (χ4v) is 2.20. The highest BCUT2D eigenvalue weighted by Crippen LogP contribution is 2.21. The summed E-state index contributed by atoms with van der Waals surface area (Å²) in [5.74, 6) is 1.02. The lowest BCUT2D eigenvalue weighted by atomic mass is 10.2. The molecule has 0 aliphatic heterocycles. The van der Waals surface area contributed by atoms with Crippen molar-refractivity contribution in [2.45, 2.75) is 38.8 Å². The molecule has 0 amide bonds. The van der Waals surface area contributed by atoms with E-state index >= 15 is 0 Å². The van der Waals surface area contributed by atoms with Crippen LogP contribution in [0.1, 0.15) is 31.0 Å². The Kier molecular flexibility index (Phi) is 5.36. The molecule has 0 bridgehead atoms. The van der Waals surface area contributed by atoms with E-state index in [9.17, 15) is 0 Å². The minimum atomic E-state index is 0.731. The lowest BCUT2D eigenvalue weighted by Gasteiger charge is -2.22. The minimum absolute atomic E-state index is 0.731. The van der Waals surface area contributed by atoms with E-state index in [2.05, 4.69) is 42.4 Å². The molecule has 1 aromatic rings. The molecule has 1 aromatic heterocycles. The van der Waals surface area contributed by atoms with Crippen LogP contribution in [-0.2, 0) is 13.0 Å². The zero-order valence-corrected chi connectivity index (χ0v) is 12.4. The average Bonchev–Trinajstić information content (AvgIpc) is 3.29. The Labute approximate surface area is 122 Å². The highest BCUT2D eigenvalue weighted by Gasteiger charge is 2.20. The molecule has 3 nitrogen and oxygen atoms in total. The van der Waals surface area contributed by atoms with Crippen LogP contribution in [0.5, 0.6) is 0 Å². The first-order valence-electron chi connectivity index (χ1n) is 7.46. The summed E-state index contributed by atoms with van der Waals surface area (Å²) >= 11 is 0. The molecule has 1 saturated carbocycles. The summed E-state index contributed by atoms with van der Waals surface area (Å²) in [5.41, 5.74) is 2.46. The van der Waals surface area contributed by atoms with Gasteiger partial charge in [0.05, 0.1) is 0 Å². The van der Waals surface area contributed by atoms with Gasteiger partial charge in [0.15, 0.2) is 0 Å². The number of aryl methyl sites for hydroxylation is 1. The van der Waals surface area contributed by atoms with E-state index in [0.717, 1.165) is 43.6 Å². The zero-order valence-electron chi connectivity index (χ0n) is 12.4. The number of nitrogens with zero attached hydrogens (tertiary/aromatic N) is 2. The third-order valence-corrected chi connectivity index (χ3v) is 3.48. The maximum absolute atomic E-state index is 4.73. The number of anilines is 1. The second kappa shape index (κ2) is 7.25. The SMILES string of the molecule is C=CCN(CC=C)c1cc(CNC2CC2)cc(CC)n1. The molecule has 0 saturated heterocycles. The molecule has 1 aliphatic carbocycles. The van der Waals surface area contributed by atoms with E-state index in [4.69, 9.17) is 4.98 Å². The average molecular weight is 271 g/mol. The van der Waals surface area contributed by atoms with Crippen LogP contribution in [-0.4, -0.2) is 24.1 Å². The molecule has 0 spiro atoms. The van der Waals surface area contributed by atoms with Crippen LogP contribution in [0.2, 0.25) is 0 Å². The summed E-state index contributed by atoms with van der Waals surface area (Å²) in [6.45, 7) is 12.3. The molecule has 1 N–H and O–H groups in total. The number of hydrogen-bond donors (Lipinski definition) is 1. The van der Waals surface area contributed by atoms with E-state index in [0.29, 0.717) is 0 Å². The predicted molar refractivity (Wildman–Crippen MR) is 86.1 cm³/mol. The topological polar surface area (TPSA) is 28.2 Å². The number of hydrogen-bond acceptors (Lipinski definition) is 3. The second-order valence-electron chi connectivity index (χ2n) is 5.32. The van der Waals surface area contributed by atoms with Crippen molar-refractivity contribution in [3.8, 4) is 0 Å². The first-order valence-corrected chi connectivity index (χ1v) is 7.46. The van der Waals surface area contributed by atoms with Crippen molar-refractivity contribution in [2.75, 3.05) is 18.0 Å². The van der Waals surface area contributed by atoms with E-state index in [-0.39, 0.29) is 0 Å². The van der Waals surface area contributed by atoms with Crippen molar-refractivity contribution in [1.29, 1.82) is 0 Å². The molecule has 0 atom stereocenters. The fraction of sp³-hybridized carbons (Fsp3) is 0.471. The number of nitrogens with one attached hydrogen (secondary N) is 1. The Morgan fingerprint density at radius 1 is 1.30 bits per heavy atom. The van der Waals surface area contributed by atoms with Crippen molar-refractivity contribution in [3.05, 3.63) is 48.7 Å². The quantitative estimate of drug-likeness (QED) is 0.700. The Bertz CT molecular complexity index is 453. The van der Waals surface area contributed by atoms with Gasteiger partial charge in [-0.05, 0) is 37.0 Å². The van der Waals surface area contributed by atoms with Crippen molar-refractivity contribution in [3.63, 3.8) is 0 Å². The van der Waals surface area contributed by atoms with Gasteiger partial charge in [-0.1, -0.05) is 19.1 Å². The molecule has 0 aromatic carbocycles. The molecule has 20 heavy (non-hydrogen) atoms. The van der Waals surface area contributed by atoms with Crippen LogP contribution >= 0.6 is 0 Å². The van der Waals surface area contributed by atoms with Gasteiger partial charge < -0.3 is 10.2 Å². The van der Waals surface area contributed by atoms with Gasteiger partial charge in [0.1, 0.15) is 5.82 Å². The van der Waals surface area contributed by atoms with Crippen molar-refractivity contribution < 1.29 is 0 Å². The van der Waals surface area contributed by atoms with Crippen LogP contribution in [0, 0.1) is 0 Å². The molecule has 0 unspecified atom stereocenters. The molecule has 1 fully saturated rings. The Morgan fingerprint density at radius 3 is 2.55 bits per heavy atom. The van der Waals surface area contributed by atoms with Crippen LogP contribution in [0.4, 0.5) is 5.82 Å². The number of pyridine rings is 1. The van der Waals surface area contributed by atoms with Gasteiger partial charge in [0, 0.05) is 31.4 Å². The van der Waals surface area contributed by atoms with Gasteiger partial charge >= 0.3 is 0 Å². The van der Waals surface area contributed by atoms with E-state index in [1.165, 1.54) is 18.4 Å². The molecular formula is C17H25N3. The first-order chi connectivity index (χ1) is 9.76. The highest BCUT2D eigenvalue weighted by molar-refractivity contribution is 5.44. The largest absolute Gasteiger partial charge is 0.349 e.